The van der Waals surface area contributed by atoms with Crippen LogP contribution in [0, 0.1) is 6.92 Å². The molecule has 0 fully saturated rings. The summed E-state index contributed by atoms with van der Waals surface area (Å²) in [4.78, 5) is 15.4. The quantitative estimate of drug-likeness (QED) is 0.641. The van der Waals surface area contributed by atoms with Crippen LogP contribution < -0.4 is 0 Å². The van der Waals surface area contributed by atoms with Gasteiger partial charge in [0.05, 0.1) is 11.7 Å². The van der Waals surface area contributed by atoms with Crippen LogP contribution in [0.5, 0.6) is 0 Å². The Labute approximate surface area is 105 Å². The highest BCUT2D eigenvalue weighted by atomic mass is 16.1. The van der Waals surface area contributed by atoms with Gasteiger partial charge in [-0.2, -0.15) is 0 Å². The van der Waals surface area contributed by atoms with Crippen LogP contribution >= 0.6 is 0 Å². The minimum Gasteiger partial charge on any atom is -0.299 e. The van der Waals surface area contributed by atoms with Gasteiger partial charge in [-0.3, -0.25) is 9.20 Å². The van der Waals surface area contributed by atoms with E-state index in [-0.39, 0.29) is 0 Å². The van der Waals surface area contributed by atoms with Gasteiger partial charge in [0.25, 0.3) is 0 Å². The van der Waals surface area contributed by atoms with E-state index in [1.165, 1.54) is 5.56 Å². The van der Waals surface area contributed by atoms with Gasteiger partial charge in [0.2, 0.25) is 0 Å². The van der Waals surface area contributed by atoms with E-state index in [2.05, 4.69) is 24.0 Å². The minimum absolute atomic E-state index is 0.656. The molecule has 0 saturated heterocycles. The van der Waals surface area contributed by atoms with Crippen LogP contribution in [0.4, 0.5) is 0 Å². The Morgan fingerprint density at radius 1 is 1.17 bits per heavy atom. The summed E-state index contributed by atoms with van der Waals surface area (Å²) in [6.07, 6.45) is 4.51. The molecule has 88 valence electrons. The molecule has 0 bridgehead atoms. The molecule has 2 aromatic heterocycles. The van der Waals surface area contributed by atoms with Crippen LogP contribution in [-0.4, -0.2) is 15.7 Å². The summed E-state index contributed by atoms with van der Waals surface area (Å²) in [6.45, 7) is 2.05. The summed E-state index contributed by atoms with van der Waals surface area (Å²) >= 11 is 0. The Morgan fingerprint density at radius 2 is 1.94 bits per heavy atom. The summed E-state index contributed by atoms with van der Waals surface area (Å²) in [6, 6.07) is 11.8. The first-order valence-electron chi connectivity index (χ1n) is 5.78. The molecule has 0 aliphatic rings. The van der Waals surface area contributed by atoms with Crippen LogP contribution in [0.1, 0.15) is 15.9 Å². The molecule has 0 amide bonds. The molecule has 0 N–H and O–H groups in total. The maximum Gasteiger partial charge on any atom is 0.152 e. The fourth-order valence-corrected chi connectivity index (χ4v) is 2.06. The van der Waals surface area contributed by atoms with Crippen molar-refractivity contribution in [1.29, 1.82) is 0 Å². The molecule has 1 aromatic carbocycles. The summed E-state index contributed by atoms with van der Waals surface area (Å²) in [5.41, 5.74) is 3.75. The lowest BCUT2D eigenvalue weighted by Crippen LogP contribution is -1.92. The lowest BCUT2D eigenvalue weighted by molar-refractivity contribution is 0.112. The molecule has 0 aliphatic carbocycles. The zero-order valence-corrected chi connectivity index (χ0v) is 10.00. The van der Waals surface area contributed by atoms with Gasteiger partial charge >= 0.3 is 0 Å². The topological polar surface area (TPSA) is 34.4 Å². The van der Waals surface area contributed by atoms with Gasteiger partial charge in [0.1, 0.15) is 5.82 Å². The molecule has 0 unspecified atom stereocenters. The van der Waals surface area contributed by atoms with Gasteiger partial charge < -0.3 is 0 Å². The van der Waals surface area contributed by atoms with E-state index in [9.17, 15) is 4.79 Å². The Hall–Kier alpha value is -2.42. The third kappa shape index (κ3) is 1.61. The smallest absolute Gasteiger partial charge is 0.152 e. The highest BCUT2D eigenvalue weighted by Gasteiger charge is 2.08. The third-order valence-corrected chi connectivity index (χ3v) is 3.04. The molecule has 3 rings (SSSR count). The number of aryl methyl sites for hydroxylation is 1. The summed E-state index contributed by atoms with van der Waals surface area (Å²) in [7, 11) is 0. The van der Waals surface area contributed by atoms with Crippen LogP contribution in [0.2, 0.25) is 0 Å². The molecule has 0 spiro atoms. The van der Waals surface area contributed by atoms with Crippen LogP contribution in [0.15, 0.2) is 48.8 Å². The van der Waals surface area contributed by atoms with Gasteiger partial charge in [0.15, 0.2) is 6.29 Å². The van der Waals surface area contributed by atoms with Gasteiger partial charge in [0, 0.05) is 17.3 Å². The summed E-state index contributed by atoms with van der Waals surface area (Å²) in [5.74, 6) is 0.855. The first-order valence-corrected chi connectivity index (χ1v) is 5.78. The molecular formula is C15H12N2O. The number of fused-ring (bicyclic) bond motifs is 1. The Morgan fingerprint density at radius 3 is 2.67 bits per heavy atom. The van der Waals surface area contributed by atoms with E-state index in [0.29, 0.717) is 5.56 Å². The maximum atomic E-state index is 11.0. The zero-order chi connectivity index (χ0) is 12.5. The van der Waals surface area contributed by atoms with Crippen molar-refractivity contribution in [3.05, 3.63) is 59.9 Å². The van der Waals surface area contributed by atoms with Crippen molar-refractivity contribution in [2.75, 3.05) is 0 Å². The van der Waals surface area contributed by atoms with Gasteiger partial charge in [-0.25, -0.2) is 4.98 Å². The van der Waals surface area contributed by atoms with Gasteiger partial charge in [-0.1, -0.05) is 29.8 Å². The zero-order valence-electron chi connectivity index (χ0n) is 10.00. The number of benzene rings is 1. The summed E-state index contributed by atoms with van der Waals surface area (Å²) < 4.78 is 1.94. The number of aldehydes is 1. The Kier molecular flexibility index (Phi) is 2.45. The standard InChI is InChI=1S/C15H12N2O/c1-11-4-6-12(7-5-11)15-16-9-14-13(10-18)3-2-8-17(14)15/h2-10H,1H3. The fraction of sp³-hybridized carbons (Fsp3) is 0.0667. The lowest BCUT2D eigenvalue weighted by atomic mass is 10.1. The number of imidazole rings is 1. The normalized spacial score (nSPS) is 10.7. The number of carbonyl (C=O) groups excluding carboxylic acids is 1. The number of nitrogens with zero attached hydrogens (tertiary/aromatic N) is 2. The van der Waals surface area contributed by atoms with Crippen molar-refractivity contribution in [2.24, 2.45) is 0 Å². The molecule has 3 nitrogen and oxygen atoms in total. The minimum atomic E-state index is 0.656. The van der Waals surface area contributed by atoms with Gasteiger partial charge in [-0.15, -0.1) is 0 Å². The highest BCUT2D eigenvalue weighted by molar-refractivity contribution is 5.86. The SMILES string of the molecule is Cc1ccc(-c2ncc3c(C=O)cccn23)cc1. The molecule has 3 heteroatoms. The maximum absolute atomic E-state index is 11.0. The second-order valence-electron chi connectivity index (χ2n) is 4.28. The number of aromatic nitrogens is 2. The number of carbonyl (C=O) groups is 1. The van der Waals surface area contributed by atoms with Crippen LogP contribution in [0.25, 0.3) is 16.9 Å². The largest absolute Gasteiger partial charge is 0.299 e. The highest BCUT2D eigenvalue weighted by Crippen LogP contribution is 2.21. The number of pyridine rings is 1. The van der Waals surface area contributed by atoms with E-state index >= 15 is 0 Å². The molecule has 0 radical (unpaired) electrons. The Balaban J connectivity index is 2.24. The monoisotopic (exact) mass is 236 g/mol. The van der Waals surface area contributed by atoms with Gasteiger partial charge in [-0.05, 0) is 19.1 Å². The molecule has 2 heterocycles. The first-order chi connectivity index (χ1) is 8.79. The van der Waals surface area contributed by atoms with Crippen molar-refractivity contribution < 1.29 is 4.79 Å². The molecule has 0 aliphatic heterocycles. The molecule has 18 heavy (non-hydrogen) atoms. The van der Waals surface area contributed by atoms with E-state index in [0.717, 1.165) is 23.2 Å². The van der Waals surface area contributed by atoms with E-state index in [1.54, 1.807) is 12.3 Å². The fourth-order valence-electron chi connectivity index (χ4n) is 2.06. The second-order valence-corrected chi connectivity index (χ2v) is 4.28. The molecular weight excluding hydrogens is 224 g/mol. The van der Waals surface area contributed by atoms with Crippen molar-refractivity contribution >= 4 is 11.8 Å². The number of rotatable bonds is 2. The molecule has 0 saturated carbocycles. The number of hydrogen-bond donors (Lipinski definition) is 0. The number of hydrogen-bond acceptors (Lipinski definition) is 2. The van der Waals surface area contributed by atoms with E-state index in [4.69, 9.17) is 0 Å². The van der Waals surface area contributed by atoms with E-state index < -0.39 is 0 Å². The van der Waals surface area contributed by atoms with Crippen molar-refractivity contribution in [1.82, 2.24) is 9.38 Å². The van der Waals surface area contributed by atoms with Crippen LogP contribution in [-0.2, 0) is 0 Å². The third-order valence-electron chi connectivity index (χ3n) is 3.04. The molecule has 0 atom stereocenters. The predicted molar refractivity (Wildman–Crippen MR) is 70.8 cm³/mol. The molecule has 3 aromatic rings. The second kappa shape index (κ2) is 4.11. The van der Waals surface area contributed by atoms with Crippen molar-refractivity contribution in [3.8, 4) is 11.4 Å². The van der Waals surface area contributed by atoms with E-state index in [1.807, 2.05) is 28.8 Å². The lowest BCUT2D eigenvalue weighted by Gasteiger charge is -2.02. The Bertz CT molecular complexity index is 711. The summed E-state index contributed by atoms with van der Waals surface area (Å²) in [5, 5.41) is 0. The average molecular weight is 236 g/mol. The van der Waals surface area contributed by atoms with Crippen molar-refractivity contribution in [2.45, 2.75) is 6.92 Å². The first kappa shape index (κ1) is 10.7. The van der Waals surface area contributed by atoms with Crippen molar-refractivity contribution in [3.63, 3.8) is 0 Å². The van der Waals surface area contributed by atoms with Crippen LogP contribution in [0.3, 0.4) is 0 Å². The average Bonchev–Trinajstić information content (AvgIpc) is 2.83. The predicted octanol–water partition coefficient (Wildman–Crippen LogP) is 3.12.